The maximum Gasteiger partial charge on any atom is 0.191 e. The molecule has 0 aliphatic carbocycles. The van der Waals surface area contributed by atoms with Gasteiger partial charge in [0.2, 0.25) is 0 Å². The highest BCUT2D eigenvalue weighted by atomic mass is 127. The van der Waals surface area contributed by atoms with Crippen molar-refractivity contribution >= 4 is 47.4 Å². The van der Waals surface area contributed by atoms with Crippen molar-refractivity contribution in [2.45, 2.75) is 39.4 Å². The number of guanidine groups is 1. The summed E-state index contributed by atoms with van der Waals surface area (Å²) in [6, 6.07) is 12.9. The number of rotatable bonds is 8. The summed E-state index contributed by atoms with van der Waals surface area (Å²) in [6.07, 6.45) is 2.81. The molecule has 1 fully saturated rings. The van der Waals surface area contributed by atoms with Crippen molar-refractivity contribution in [2.75, 3.05) is 38.1 Å². The van der Waals surface area contributed by atoms with Crippen LogP contribution in [0.2, 0.25) is 5.02 Å². The first-order valence-electron chi connectivity index (χ1n) is 10.8. The average molecular weight is 557 g/mol. The molecule has 0 bridgehead atoms. The Hall–Kier alpha value is -1.58. The van der Waals surface area contributed by atoms with Gasteiger partial charge in [0.25, 0.3) is 0 Å². The first-order valence-corrected chi connectivity index (χ1v) is 11.1. The summed E-state index contributed by atoms with van der Waals surface area (Å²) in [5.74, 6) is 1.68. The van der Waals surface area contributed by atoms with E-state index in [1.807, 2.05) is 19.2 Å². The molecule has 2 heterocycles. The molecule has 3 rings (SSSR count). The van der Waals surface area contributed by atoms with Crippen LogP contribution in [-0.2, 0) is 13.1 Å². The second kappa shape index (κ2) is 13.1. The molecule has 1 aliphatic heterocycles. The number of hydrogen-bond donors (Lipinski definition) is 2. The molecule has 1 aliphatic rings. The van der Waals surface area contributed by atoms with E-state index < -0.39 is 0 Å². The third-order valence-electron chi connectivity index (χ3n) is 5.57. The fraction of sp³-hybridized carbons (Fsp3) is 0.478. The van der Waals surface area contributed by atoms with E-state index in [0.29, 0.717) is 11.1 Å². The molecule has 0 amide bonds. The van der Waals surface area contributed by atoms with Crippen LogP contribution in [0.5, 0.6) is 0 Å². The van der Waals surface area contributed by atoms with Gasteiger partial charge in [0, 0.05) is 45.5 Å². The van der Waals surface area contributed by atoms with Crippen molar-refractivity contribution in [3.8, 4) is 0 Å². The lowest BCUT2D eigenvalue weighted by atomic mass is 10.1. The van der Waals surface area contributed by atoms with Gasteiger partial charge in [-0.2, -0.15) is 0 Å². The zero-order chi connectivity index (χ0) is 21.3. The Bertz CT molecular complexity index is 825. The smallest absolute Gasteiger partial charge is 0.191 e. The van der Waals surface area contributed by atoms with Gasteiger partial charge < -0.3 is 15.5 Å². The zero-order valence-electron chi connectivity index (χ0n) is 18.6. The van der Waals surface area contributed by atoms with E-state index in [1.165, 1.54) is 11.1 Å². The van der Waals surface area contributed by atoms with E-state index in [4.69, 9.17) is 11.6 Å². The van der Waals surface area contributed by atoms with Gasteiger partial charge in [-0.3, -0.25) is 9.89 Å². The Balaban J connectivity index is 0.00000341. The molecule has 31 heavy (non-hydrogen) atoms. The molecule has 1 aromatic carbocycles. The predicted molar refractivity (Wildman–Crippen MR) is 142 cm³/mol. The van der Waals surface area contributed by atoms with Crippen molar-refractivity contribution in [3.05, 3.63) is 58.7 Å². The van der Waals surface area contributed by atoms with Gasteiger partial charge >= 0.3 is 0 Å². The van der Waals surface area contributed by atoms with Crippen LogP contribution >= 0.6 is 35.6 Å². The summed E-state index contributed by atoms with van der Waals surface area (Å²) in [7, 11) is 1.81. The Morgan fingerprint density at radius 1 is 1.19 bits per heavy atom. The molecule has 1 saturated heterocycles. The third-order valence-corrected chi connectivity index (χ3v) is 5.87. The predicted octanol–water partition coefficient (Wildman–Crippen LogP) is 4.14. The van der Waals surface area contributed by atoms with Crippen LogP contribution in [-0.4, -0.2) is 55.1 Å². The fourth-order valence-electron chi connectivity index (χ4n) is 3.72. The molecule has 0 spiro atoms. The number of nitrogens with zero attached hydrogens (tertiary/aromatic N) is 4. The molecule has 1 atom stereocenters. The summed E-state index contributed by atoms with van der Waals surface area (Å²) in [4.78, 5) is 13.5. The van der Waals surface area contributed by atoms with Crippen LogP contribution in [0.1, 0.15) is 31.4 Å². The van der Waals surface area contributed by atoms with Crippen LogP contribution in [0, 0.1) is 0 Å². The normalized spacial score (nSPS) is 16.4. The molecular weight excluding hydrogens is 523 g/mol. The number of anilines is 1. The first-order chi connectivity index (χ1) is 14.6. The standard InChI is InChI=1S/C23H33ClN6.HI/c1-4-29(5-2)16-19-10-8-18(9-11-19)15-27-23(25-3)28-20-12-14-30(17-20)22-21(24)7-6-13-26-22;/h6-11,13,20H,4-5,12,14-17H2,1-3H3,(H2,25,27,28);1H. The lowest BCUT2D eigenvalue weighted by Gasteiger charge is -2.20. The Morgan fingerprint density at radius 3 is 2.55 bits per heavy atom. The number of aromatic nitrogens is 1. The molecule has 170 valence electrons. The summed E-state index contributed by atoms with van der Waals surface area (Å²) in [5.41, 5.74) is 2.60. The molecule has 1 aromatic heterocycles. The summed E-state index contributed by atoms with van der Waals surface area (Å²) >= 11 is 6.29. The van der Waals surface area contributed by atoms with Crippen LogP contribution in [0.4, 0.5) is 5.82 Å². The van der Waals surface area contributed by atoms with E-state index in [-0.39, 0.29) is 24.0 Å². The minimum Gasteiger partial charge on any atom is -0.353 e. The summed E-state index contributed by atoms with van der Waals surface area (Å²) < 4.78 is 0. The average Bonchev–Trinajstić information content (AvgIpc) is 3.24. The topological polar surface area (TPSA) is 55.8 Å². The number of nitrogens with one attached hydrogen (secondary N) is 2. The van der Waals surface area contributed by atoms with Crippen LogP contribution in [0.3, 0.4) is 0 Å². The number of hydrogen-bond acceptors (Lipinski definition) is 4. The maximum absolute atomic E-state index is 6.29. The maximum atomic E-state index is 6.29. The highest BCUT2D eigenvalue weighted by Gasteiger charge is 2.25. The van der Waals surface area contributed by atoms with E-state index >= 15 is 0 Å². The largest absolute Gasteiger partial charge is 0.353 e. The number of benzene rings is 1. The van der Waals surface area contributed by atoms with Crippen molar-refractivity contribution in [2.24, 2.45) is 4.99 Å². The van der Waals surface area contributed by atoms with Gasteiger partial charge in [-0.15, -0.1) is 24.0 Å². The van der Waals surface area contributed by atoms with Crippen LogP contribution in [0.25, 0.3) is 0 Å². The number of aliphatic imine (C=N–C) groups is 1. The molecule has 0 radical (unpaired) electrons. The first kappa shape index (κ1) is 25.7. The molecule has 8 heteroatoms. The second-order valence-corrected chi connectivity index (χ2v) is 8.00. The minimum absolute atomic E-state index is 0. The van der Waals surface area contributed by atoms with Crippen molar-refractivity contribution < 1.29 is 0 Å². The highest BCUT2D eigenvalue weighted by Crippen LogP contribution is 2.25. The Kier molecular flexibility index (Phi) is 10.8. The molecule has 6 nitrogen and oxygen atoms in total. The van der Waals surface area contributed by atoms with Crippen LogP contribution in [0.15, 0.2) is 47.6 Å². The Morgan fingerprint density at radius 2 is 1.90 bits per heavy atom. The molecular formula is C23H34ClIN6. The van der Waals surface area contributed by atoms with E-state index in [0.717, 1.165) is 57.5 Å². The number of halogens is 2. The van der Waals surface area contributed by atoms with Gasteiger partial charge in [0.05, 0.1) is 5.02 Å². The van der Waals surface area contributed by atoms with Gasteiger partial charge in [-0.1, -0.05) is 49.7 Å². The lowest BCUT2D eigenvalue weighted by Crippen LogP contribution is -2.44. The third kappa shape index (κ3) is 7.50. The van der Waals surface area contributed by atoms with Crippen molar-refractivity contribution in [3.63, 3.8) is 0 Å². The van der Waals surface area contributed by atoms with Gasteiger partial charge in [-0.05, 0) is 42.8 Å². The quantitative estimate of drug-likeness (QED) is 0.291. The molecule has 1 unspecified atom stereocenters. The van der Waals surface area contributed by atoms with Gasteiger partial charge in [0.15, 0.2) is 5.96 Å². The summed E-state index contributed by atoms with van der Waals surface area (Å²) in [6.45, 7) is 10.1. The minimum atomic E-state index is 0. The van der Waals surface area contributed by atoms with Crippen LogP contribution < -0.4 is 15.5 Å². The van der Waals surface area contributed by atoms with Gasteiger partial charge in [0.1, 0.15) is 5.82 Å². The zero-order valence-corrected chi connectivity index (χ0v) is 21.7. The molecule has 0 saturated carbocycles. The monoisotopic (exact) mass is 556 g/mol. The lowest BCUT2D eigenvalue weighted by molar-refractivity contribution is 0.296. The fourth-order valence-corrected chi connectivity index (χ4v) is 3.96. The van der Waals surface area contributed by atoms with E-state index in [2.05, 4.69) is 68.5 Å². The summed E-state index contributed by atoms with van der Waals surface area (Å²) in [5, 5.41) is 7.66. The van der Waals surface area contributed by atoms with Crippen molar-refractivity contribution in [1.29, 1.82) is 0 Å². The van der Waals surface area contributed by atoms with E-state index in [9.17, 15) is 0 Å². The van der Waals surface area contributed by atoms with Gasteiger partial charge in [-0.25, -0.2) is 4.98 Å². The molecule has 2 N–H and O–H groups in total. The van der Waals surface area contributed by atoms with E-state index in [1.54, 1.807) is 6.20 Å². The highest BCUT2D eigenvalue weighted by molar-refractivity contribution is 14.0. The van der Waals surface area contributed by atoms with Crippen molar-refractivity contribution in [1.82, 2.24) is 20.5 Å². The number of pyridine rings is 1. The molecule has 2 aromatic rings. The SMILES string of the molecule is CCN(CC)Cc1ccc(CNC(=NC)NC2CCN(c3ncccc3Cl)C2)cc1.I. The Labute approximate surface area is 208 Å². The second-order valence-electron chi connectivity index (χ2n) is 7.59.